The summed E-state index contributed by atoms with van der Waals surface area (Å²) in [7, 11) is 6.56. The summed E-state index contributed by atoms with van der Waals surface area (Å²) in [5.74, 6) is 3.57. The van der Waals surface area contributed by atoms with Crippen LogP contribution in [0.1, 0.15) is 30.7 Å². The van der Waals surface area contributed by atoms with Gasteiger partial charge >= 0.3 is 0 Å². The Hall–Kier alpha value is -3.72. The van der Waals surface area contributed by atoms with E-state index in [1.807, 2.05) is 68.5 Å². The maximum absolute atomic E-state index is 6.24. The second kappa shape index (κ2) is 11.8. The van der Waals surface area contributed by atoms with Crippen LogP contribution in [0.3, 0.4) is 0 Å². The summed E-state index contributed by atoms with van der Waals surface area (Å²) in [6.07, 6.45) is 3.74. The Morgan fingerprint density at radius 3 is 1.92 bits per heavy atom. The Kier molecular flexibility index (Phi) is 8.46. The average molecular weight is 582 g/mol. The number of ether oxygens (including phenoxy) is 5. The van der Waals surface area contributed by atoms with Crippen molar-refractivity contribution in [3.05, 3.63) is 87.9 Å². The second-order valence-corrected chi connectivity index (χ2v) is 9.89. The number of hydrogen-bond acceptors (Lipinski definition) is 8. The number of rotatable bonds is 9. The summed E-state index contributed by atoms with van der Waals surface area (Å²) < 4.78 is 29.3. The molecule has 1 aliphatic rings. The number of amidine groups is 1. The average Bonchev–Trinajstić information content (AvgIpc) is 2.92. The molecular weight excluding hydrogens is 550 g/mol. The molecule has 0 saturated heterocycles. The van der Waals surface area contributed by atoms with Crippen LogP contribution in [-0.4, -0.2) is 44.3 Å². The molecule has 2 heterocycles. The summed E-state index contributed by atoms with van der Waals surface area (Å²) in [4.78, 5) is 11.7. The highest BCUT2D eigenvalue weighted by molar-refractivity contribution is 9.10. The fraction of sp³-hybridized carbons (Fsp3) is 0.310. The Balaban J connectivity index is 1.79. The van der Waals surface area contributed by atoms with Gasteiger partial charge in [-0.3, -0.25) is 4.98 Å². The van der Waals surface area contributed by atoms with Crippen LogP contribution in [0.5, 0.6) is 23.0 Å². The molecule has 0 radical (unpaired) electrons. The molecule has 0 aliphatic carbocycles. The summed E-state index contributed by atoms with van der Waals surface area (Å²) in [5, 5.41) is 0. The number of hydrogen-bond donors (Lipinski definition) is 0. The third kappa shape index (κ3) is 6.05. The standard InChI is InChI=1S/C29H32BrN3O5/c1-19-16-29(2,27-13-22(30)11-12-31-27)32-28(38-19)33(17-20-7-9-23(34-3)14-25(20)36-5)18-21-8-10-24(35-4)15-26(21)37-6/h7-16H,17-18H2,1-6H3/t29-/m0/s1. The number of aliphatic imine (C=N–C) groups is 1. The van der Waals surface area contributed by atoms with Gasteiger partial charge in [0.15, 0.2) is 0 Å². The second-order valence-electron chi connectivity index (χ2n) is 8.97. The van der Waals surface area contributed by atoms with Gasteiger partial charge in [0.05, 0.1) is 47.2 Å². The highest BCUT2D eigenvalue weighted by atomic mass is 79.9. The van der Waals surface area contributed by atoms with Gasteiger partial charge in [0.1, 0.15) is 34.3 Å². The number of allylic oxidation sites excluding steroid dienone is 1. The van der Waals surface area contributed by atoms with Gasteiger partial charge in [0.25, 0.3) is 6.02 Å². The molecule has 38 heavy (non-hydrogen) atoms. The van der Waals surface area contributed by atoms with Crippen molar-refractivity contribution < 1.29 is 23.7 Å². The van der Waals surface area contributed by atoms with Crippen molar-refractivity contribution in [2.75, 3.05) is 28.4 Å². The molecule has 8 nitrogen and oxygen atoms in total. The predicted octanol–water partition coefficient (Wildman–Crippen LogP) is 6.09. The Bertz CT molecular complexity index is 1300. The third-order valence-corrected chi connectivity index (χ3v) is 6.78. The smallest absolute Gasteiger partial charge is 0.294 e. The SMILES string of the molecule is COc1ccc(CN(Cc2ccc(OC)cc2OC)C2=N[C@](C)(c3cc(Br)ccn3)C=C(C)O2)c(OC)c1. The number of halogens is 1. The zero-order chi connectivity index (χ0) is 27.3. The molecule has 1 aliphatic heterocycles. The van der Waals surface area contributed by atoms with Gasteiger partial charge < -0.3 is 28.6 Å². The lowest BCUT2D eigenvalue weighted by atomic mass is 9.96. The van der Waals surface area contributed by atoms with Gasteiger partial charge in [-0.25, -0.2) is 4.99 Å². The topological polar surface area (TPSA) is 74.6 Å². The van der Waals surface area contributed by atoms with Gasteiger partial charge in [0.2, 0.25) is 0 Å². The monoisotopic (exact) mass is 581 g/mol. The van der Waals surface area contributed by atoms with E-state index in [2.05, 4.69) is 25.8 Å². The lowest BCUT2D eigenvalue weighted by Gasteiger charge is -2.33. The predicted molar refractivity (Wildman–Crippen MR) is 150 cm³/mol. The van der Waals surface area contributed by atoms with Gasteiger partial charge in [-0.05, 0) is 56.3 Å². The summed E-state index contributed by atoms with van der Waals surface area (Å²) in [6, 6.07) is 15.9. The van der Waals surface area contributed by atoms with Crippen molar-refractivity contribution >= 4 is 22.0 Å². The van der Waals surface area contributed by atoms with E-state index in [-0.39, 0.29) is 0 Å². The minimum Gasteiger partial charge on any atom is -0.497 e. The quantitative estimate of drug-likeness (QED) is 0.303. The lowest BCUT2D eigenvalue weighted by molar-refractivity contribution is 0.253. The van der Waals surface area contributed by atoms with Crippen LogP contribution in [0.2, 0.25) is 0 Å². The summed E-state index contributed by atoms with van der Waals surface area (Å²) in [5.41, 5.74) is 1.97. The van der Waals surface area contributed by atoms with E-state index < -0.39 is 5.54 Å². The molecule has 3 aromatic rings. The van der Waals surface area contributed by atoms with E-state index in [1.165, 1.54) is 0 Å². The Labute approximate surface area is 232 Å². The molecule has 4 rings (SSSR count). The molecule has 0 fully saturated rings. The summed E-state index contributed by atoms with van der Waals surface area (Å²) in [6.45, 7) is 4.85. The zero-order valence-electron chi connectivity index (χ0n) is 22.4. The van der Waals surface area contributed by atoms with Gasteiger partial charge in [-0.15, -0.1) is 0 Å². The van der Waals surface area contributed by atoms with Crippen LogP contribution in [0.15, 0.2) is 76.0 Å². The Morgan fingerprint density at radius 1 is 0.842 bits per heavy atom. The number of nitrogens with zero attached hydrogens (tertiary/aromatic N) is 3. The van der Waals surface area contributed by atoms with Gasteiger partial charge in [0, 0.05) is 33.9 Å². The maximum Gasteiger partial charge on any atom is 0.294 e. The number of aromatic nitrogens is 1. The first-order valence-electron chi connectivity index (χ1n) is 12.0. The van der Waals surface area contributed by atoms with E-state index in [0.29, 0.717) is 42.1 Å². The minimum atomic E-state index is -0.728. The number of methoxy groups -OCH3 is 4. The van der Waals surface area contributed by atoms with Crippen molar-refractivity contribution in [1.29, 1.82) is 0 Å². The molecule has 0 amide bonds. The highest BCUT2D eigenvalue weighted by Gasteiger charge is 2.33. The van der Waals surface area contributed by atoms with Crippen LogP contribution >= 0.6 is 15.9 Å². The van der Waals surface area contributed by atoms with E-state index >= 15 is 0 Å². The van der Waals surface area contributed by atoms with E-state index in [1.54, 1.807) is 34.6 Å². The van der Waals surface area contributed by atoms with Crippen molar-refractivity contribution in [2.45, 2.75) is 32.5 Å². The third-order valence-electron chi connectivity index (χ3n) is 6.29. The molecular formula is C29H32BrN3O5. The first-order chi connectivity index (χ1) is 18.3. The van der Waals surface area contributed by atoms with Crippen molar-refractivity contribution in [3.63, 3.8) is 0 Å². The number of pyridine rings is 1. The maximum atomic E-state index is 6.24. The minimum absolute atomic E-state index is 0.455. The van der Waals surface area contributed by atoms with E-state index in [4.69, 9.17) is 28.7 Å². The first-order valence-corrected chi connectivity index (χ1v) is 12.8. The van der Waals surface area contributed by atoms with E-state index in [9.17, 15) is 0 Å². The van der Waals surface area contributed by atoms with E-state index in [0.717, 1.165) is 27.1 Å². The molecule has 2 aromatic carbocycles. The highest BCUT2D eigenvalue weighted by Crippen LogP contribution is 2.35. The molecule has 0 spiro atoms. The molecule has 0 N–H and O–H groups in total. The molecule has 9 heteroatoms. The van der Waals surface area contributed by atoms with Gasteiger partial charge in [-0.2, -0.15) is 0 Å². The molecule has 1 atom stereocenters. The fourth-order valence-electron chi connectivity index (χ4n) is 4.34. The number of benzene rings is 2. The Morgan fingerprint density at radius 2 is 1.42 bits per heavy atom. The van der Waals surface area contributed by atoms with Crippen LogP contribution < -0.4 is 18.9 Å². The lowest BCUT2D eigenvalue weighted by Crippen LogP contribution is -2.37. The first kappa shape index (κ1) is 27.3. The van der Waals surface area contributed by atoms with Crippen LogP contribution in [0, 0.1) is 0 Å². The normalized spacial score (nSPS) is 16.6. The molecule has 0 saturated carbocycles. The van der Waals surface area contributed by atoms with Crippen LogP contribution in [-0.2, 0) is 23.4 Å². The van der Waals surface area contributed by atoms with Crippen molar-refractivity contribution in [2.24, 2.45) is 4.99 Å². The van der Waals surface area contributed by atoms with Crippen LogP contribution in [0.4, 0.5) is 0 Å². The molecule has 1 aromatic heterocycles. The zero-order valence-corrected chi connectivity index (χ0v) is 24.0. The van der Waals surface area contributed by atoms with Crippen molar-refractivity contribution in [1.82, 2.24) is 9.88 Å². The fourth-order valence-corrected chi connectivity index (χ4v) is 4.67. The molecule has 0 bridgehead atoms. The summed E-state index contributed by atoms with van der Waals surface area (Å²) >= 11 is 3.56. The van der Waals surface area contributed by atoms with Crippen LogP contribution in [0.25, 0.3) is 0 Å². The molecule has 200 valence electrons. The largest absolute Gasteiger partial charge is 0.497 e. The van der Waals surface area contributed by atoms with Gasteiger partial charge in [-0.1, -0.05) is 15.9 Å². The van der Waals surface area contributed by atoms with Crippen molar-refractivity contribution in [3.8, 4) is 23.0 Å². The molecule has 0 unspecified atom stereocenters.